The quantitative estimate of drug-likeness (QED) is 0.845. The van der Waals surface area contributed by atoms with Crippen LogP contribution in [0.2, 0.25) is 0 Å². The van der Waals surface area contributed by atoms with E-state index in [1.165, 1.54) is 19.3 Å². The number of hydrogen-bond donors (Lipinski definition) is 2. The highest BCUT2D eigenvalue weighted by Gasteiger charge is 2.39. The Balaban J connectivity index is 1.71. The zero-order valence-corrected chi connectivity index (χ0v) is 12.5. The molecule has 0 unspecified atom stereocenters. The van der Waals surface area contributed by atoms with Crippen LogP contribution in [-0.4, -0.2) is 16.6 Å². The van der Waals surface area contributed by atoms with E-state index in [4.69, 9.17) is 0 Å². The van der Waals surface area contributed by atoms with Crippen LogP contribution in [0, 0.1) is 0 Å². The Labute approximate surface area is 127 Å². The zero-order valence-electron chi connectivity index (χ0n) is 11.7. The Bertz CT molecular complexity index is 674. The molecule has 3 heterocycles. The Morgan fingerprint density at radius 1 is 1.10 bits per heavy atom. The first-order chi connectivity index (χ1) is 10.3. The first-order valence-electron chi connectivity index (χ1n) is 7.41. The molecule has 2 N–H and O–H groups in total. The molecule has 4 nitrogen and oxygen atoms in total. The van der Waals surface area contributed by atoms with Crippen molar-refractivity contribution in [3.8, 4) is 10.4 Å². The number of hydrogen-bond acceptors (Lipinski definition) is 4. The molecule has 1 amide bonds. The molecule has 108 valence electrons. The van der Waals surface area contributed by atoms with Crippen molar-refractivity contribution >= 4 is 22.9 Å². The summed E-state index contributed by atoms with van der Waals surface area (Å²) >= 11 is 1.54. The third-order valence-corrected chi connectivity index (χ3v) is 5.52. The molecule has 0 aromatic carbocycles. The summed E-state index contributed by atoms with van der Waals surface area (Å²) in [5.74, 6) is 0.0657. The highest BCUT2D eigenvalue weighted by molar-refractivity contribution is 7.18. The molecule has 1 fully saturated rings. The number of amides is 1. The number of carbonyl (C=O) groups excluding carboxylic acids is 1. The van der Waals surface area contributed by atoms with Gasteiger partial charge in [0.25, 0.3) is 5.91 Å². The number of nitrogens with zero attached hydrogens (tertiary/aromatic N) is 1. The number of pyridine rings is 1. The molecule has 1 aliphatic heterocycles. The fourth-order valence-corrected chi connectivity index (χ4v) is 4.29. The lowest BCUT2D eigenvalue weighted by Gasteiger charge is -2.42. The highest BCUT2D eigenvalue weighted by atomic mass is 32.1. The first kappa shape index (κ1) is 12.8. The average Bonchev–Trinajstić information content (AvgIpc) is 2.93. The molecule has 1 aliphatic carbocycles. The van der Waals surface area contributed by atoms with Gasteiger partial charge in [0.1, 0.15) is 10.5 Å². The lowest BCUT2D eigenvalue weighted by Crippen LogP contribution is -2.58. The molecule has 21 heavy (non-hydrogen) atoms. The van der Waals surface area contributed by atoms with Gasteiger partial charge in [0.2, 0.25) is 0 Å². The lowest BCUT2D eigenvalue weighted by molar-refractivity contribution is 0.0881. The second kappa shape index (κ2) is 4.84. The third-order valence-electron chi connectivity index (χ3n) is 4.34. The van der Waals surface area contributed by atoms with E-state index in [0.717, 1.165) is 33.8 Å². The maximum absolute atomic E-state index is 12.5. The number of carbonyl (C=O) groups is 1. The van der Waals surface area contributed by atoms with Crippen molar-refractivity contribution in [2.75, 3.05) is 5.32 Å². The van der Waals surface area contributed by atoms with E-state index < -0.39 is 0 Å². The van der Waals surface area contributed by atoms with Crippen LogP contribution in [0.25, 0.3) is 10.4 Å². The number of aromatic nitrogens is 1. The van der Waals surface area contributed by atoms with Gasteiger partial charge in [-0.2, -0.15) is 0 Å². The summed E-state index contributed by atoms with van der Waals surface area (Å²) < 4.78 is 0. The average molecular weight is 299 g/mol. The molecule has 0 radical (unpaired) electrons. The van der Waals surface area contributed by atoms with Crippen molar-refractivity contribution in [2.45, 2.75) is 37.8 Å². The van der Waals surface area contributed by atoms with Crippen molar-refractivity contribution in [1.29, 1.82) is 0 Å². The van der Waals surface area contributed by atoms with Gasteiger partial charge in [-0.15, -0.1) is 11.3 Å². The second-order valence-electron chi connectivity index (χ2n) is 5.81. The number of rotatable bonds is 1. The van der Waals surface area contributed by atoms with Gasteiger partial charge in [-0.05, 0) is 49.4 Å². The third kappa shape index (κ3) is 2.21. The Kier molecular flexibility index (Phi) is 2.96. The van der Waals surface area contributed by atoms with Crippen molar-refractivity contribution in [1.82, 2.24) is 10.3 Å². The molecule has 5 heteroatoms. The van der Waals surface area contributed by atoms with Gasteiger partial charge in [0.15, 0.2) is 0 Å². The standard InChI is InChI=1S/C16H17N3OS/c20-15-14-12(18-16(19-15)6-2-1-3-7-16)10-13(21-14)11-4-8-17-9-5-11/h4-5,8-10,18H,1-3,6-7H2,(H,19,20). The molecular formula is C16H17N3OS. The van der Waals surface area contributed by atoms with Crippen LogP contribution >= 0.6 is 11.3 Å². The van der Waals surface area contributed by atoms with Crippen LogP contribution in [0.1, 0.15) is 41.8 Å². The minimum absolute atomic E-state index is 0.0657. The fourth-order valence-electron chi connectivity index (χ4n) is 3.28. The number of anilines is 1. The maximum Gasteiger partial charge on any atom is 0.265 e. The summed E-state index contributed by atoms with van der Waals surface area (Å²) in [5.41, 5.74) is 1.87. The van der Waals surface area contributed by atoms with Crippen LogP contribution in [0.4, 0.5) is 5.69 Å². The van der Waals surface area contributed by atoms with Gasteiger partial charge in [-0.1, -0.05) is 6.42 Å². The molecule has 4 rings (SSSR count). The summed E-state index contributed by atoms with van der Waals surface area (Å²) in [6.45, 7) is 0. The van der Waals surface area contributed by atoms with Crippen LogP contribution in [0.3, 0.4) is 0 Å². The van der Waals surface area contributed by atoms with E-state index in [0.29, 0.717) is 0 Å². The van der Waals surface area contributed by atoms with E-state index >= 15 is 0 Å². The smallest absolute Gasteiger partial charge is 0.265 e. The fraction of sp³-hybridized carbons (Fsp3) is 0.375. The second-order valence-corrected chi connectivity index (χ2v) is 6.86. The topological polar surface area (TPSA) is 54.0 Å². The van der Waals surface area contributed by atoms with E-state index in [-0.39, 0.29) is 11.6 Å². The molecular weight excluding hydrogens is 282 g/mol. The molecule has 0 saturated heterocycles. The van der Waals surface area contributed by atoms with Gasteiger partial charge in [-0.25, -0.2) is 0 Å². The van der Waals surface area contributed by atoms with E-state index in [1.54, 1.807) is 23.7 Å². The van der Waals surface area contributed by atoms with Gasteiger partial charge in [0.05, 0.1) is 5.69 Å². The zero-order chi connectivity index (χ0) is 14.3. The largest absolute Gasteiger partial charge is 0.361 e. The molecule has 1 saturated carbocycles. The van der Waals surface area contributed by atoms with Crippen LogP contribution < -0.4 is 10.6 Å². The minimum atomic E-state index is -0.223. The van der Waals surface area contributed by atoms with Crippen LogP contribution in [0.5, 0.6) is 0 Å². The molecule has 1 spiro atoms. The van der Waals surface area contributed by atoms with Crippen molar-refractivity contribution in [3.63, 3.8) is 0 Å². The Morgan fingerprint density at radius 2 is 1.86 bits per heavy atom. The van der Waals surface area contributed by atoms with Gasteiger partial charge in [0, 0.05) is 17.3 Å². The molecule has 2 aromatic heterocycles. The Hall–Kier alpha value is -1.88. The number of nitrogens with one attached hydrogen (secondary N) is 2. The predicted molar refractivity (Wildman–Crippen MR) is 84.5 cm³/mol. The SMILES string of the molecule is O=C1NC2(CCCCC2)Nc2cc(-c3ccncc3)sc21. The highest BCUT2D eigenvalue weighted by Crippen LogP contribution is 2.41. The van der Waals surface area contributed by atoms with Crippen LogP contribution in [-0.2, 0) is 0 Å². The summed E-state index contributed by atoms with van der Waals surface area (Å²) in [5, 5.41) is 6.80. The number of thiophene rings is 1. The molecule has 0 bridgehead atoms. The maximum atomic E-state index is 12.5. The summed E-state index contributed by atoms with van der Waals surface area (Å²) in [6, 6.07) is 6.06. The van der Waals surface area contributed by atoms with Crippen LogP contribution in [0.15, 0.2) is 30.6 Å². The monoisotopic (exact) mass is 299 g/mol. The Morgan fingerprint density at radius 3 is 2.62 bits per heavy atom. The van der Waals surface area contributed by atoms with Gasteiger partial charge >= 0.3 is 0 Å². The van der Waals surface area contributed by atoms with Crippen molar-refractivity contribution in [2.24, 2.45) is 0 Å². The molecule has 0 atom stereocenters. The summed E-state index contributed by atoms with van der Waals surface area (Å²) in [4.78, 5) is 18.4. The predicted octanol–water partition coefficient (Wildman–Crippen LogP) is 3.63. The molecule has 2 aromatic rings. The normalized spacial score (nSPS) is 19.7. The summed E-state index contributed by atoms with van der Waals surface area (Å²) in [7, 11) is 0. The number of fused-ring (bicyclic) bond motifs is 1. The molecule has 2 aliphatic rings. The minimum Gasteiger partial charge on any atom is -0.361 e. The van der Waals surface area contributed by atoms with E-state index in [2.05, 4.69) is 21.7 Å². The van der Waals surface area contributed by atoms with E-state index in [1.807, 2.05) is 12.1 Å². The van der Waals surface area contributed by atoms with Gasteiger partial charge < -0.3 is 10.6 Å². The lowest BCUT2D eigenvalue weighted by atomic mass is 9.87. The van der Waals surface area contributed by atoms with E-state index in [9.17, 15) is 4.79 Å². The van der Waals surface area contributed by atoms with Crippen molar-refractivity contribution < 1.29 is 4.79 Å². The summed E-state index contributed by atoms with van der Waals surface area (Å²) in [6.07, 6.45) is 9.19. The van der Waals surface area contributed by atoms with Crippen molar-refractivity contribution in [3.05, 3.63) is 35.5 Å². The first-order valence-corrected chi connectivity index (χ1v) is 8.22. The van der Waals surface area contributed by atoms with Gasteiger partial charge in [-0.3, -0.25) is 9.78 Å².